The summed E-state index contributed by atoms with van der Waals surface area (Å²) < 4.78 is 18.5. The number of methoxy groups -OCH3 is 1. The van der Waals surface area contributed by atoms with Gasteiger partial charge in [0.2, 0.25) is 5.91 Å². The number of likely N-dealkylation sites (tertiary alicyclic amines) is 1. The quantitative estimate of drug-likeness (QED) is 0.882. The molecule has 2 unspecified atom stereocenters. The van der Waals surface area contributed by atoms with Crippen molar-refractivity contribution in [3.8, 4) is 5.75 Å². The summed E-state index contributed by atoms with van der Waals surface area (Å²) in [6, 6.07) is 4.41. The third-order valence-corrected chi connectivity index (χ3v) is 3.71. The minimum Gasteiger partial charge on any atom is -0.496 e. The summed E-state index contributed by atoms with van der Waals surface area (Å²) >= 11 is 0. The number of piperidine rings is 1. The van der Waals surface area contributed by atoms with Gasteiger partial charge in [0.25, 0.3) is 0 Å². The monoisotopic (exact) mass is 266 g/mol. The van der Waals surface area contributed by atoms with Gasteiger partial charge in [-0.15, -0.1) is 0 Å². The second kappa shape index (κ2) is 5.57. The molecule has 2 rings (SSSR count). The van der Waals surface area contributed by atoms with Gasteiger partial charge >= 0.3 is 0 Å². The lowest BCUT2D eigenvalue weighted by Gasteiger charge is -2.37. The maximum Gasteiger partial charge on any atom is 0.219 e. The topological polar surface area (TPSA) is 55.6 Å². The summed E-state index contributed by atoms with van der Waals surface area (Å²) in [5, 5.41) is 0. The van der Waals surface area contributed by atoms with Crippen LogP contribution in [0.5, 0.6) is 5.75 Å². The Morgan fingerprint density at radius 2 is 2.26 bits per heavy atom. The molecule has 4 nitrogen and oxygen atoms in total. The number of hydrogen-bond donors (Lipinski definition) is 1. The fourth-order valence-corrected chi connectivity index (χ4v) is 2.58. The molecule has 0 aromatic heterocycles. The molecule has 0 radical (unpaired) electrons. The maximum absolute atomic E-state index is 13.2. The Hall–Kier alpha value is -1.62. The molecule has 0 aliphatic carbocycles. The van der Waals surface area contributed by atoms with Crippen LogP contribution in [0.15, 0.2) is 18.2 Å². The van der Waals surface area contributed by atoms with Gasteiger partial charge in [0, 0.05) is 43.6 Å². The molecule has 19 heavy (non-hydrogen) atoms. The van der Waals surface area contributed by atoms with Gasteiger partial charge in [0.1, 0.15) is 11.6 Å². The number of nitrogens with zero attached hydrogens (tertiary/aromatic N) is 1. The third kappa shape index (κ3) is 2.87. The van der Waals surface area contributed by atoms with Crippen molar-refractivity contribution in [2.24, 2.45) is 5.73 Å². The molecule has 104 valence electrons. The Labute approximate surface area is 112 Å². The lowest BCUT2D eigenvalue weighted by molar-refractivity contribution is -0.130. The summed E-state index contributed by atoms with van der Waals surface area (Å²) in [5.74, 6) is 0.172. The van der Waals surface area contributed by atoms with Crippen molar-refractivity contribution in [3.05, 3.63) is 29.6 Å². The molecule has 1 amide bonds. The SMILES string of the molecule is COc1cc(F)ccc1C1CN(C(C)=O)CCC1N. The number of rotatable bonds is 2. The fourth-order valence-electron chi connectivity index (χ4n) is 2.58. The van der Waals surface area contributed by atoms with E-state index in [2.05, 4.69) is 0 Å². The normalized spacial score (nSPS) is 23.3. The van der Waals surface area contributed by atoms with Crippen molar-refractivity contribution in [3.63, 3.8) is 0 Å². The van der Waals surface area contributed by atoms with Crippen LogP contribution in [0.25, 0.3) is 0 Å². The molecule has 0 saturated carbocycles. The Kier molecular flexibility index (Phi) is 4.04. The van der Waals surface area contributed by atoms with Crippen molar-refractivity contribution in [1.82, 2.24) is 4.90 Å². The lowest BCUT2D eigenvalue weighted by atomic mass is 9.86. The first kappa shape index (κ1) is 13.8. The molecule has 2 atom stereocenters. The molecular formula is C14H19FN2O2. The van der Waals surface area contributed by atoms with Gasteiger partial charge in [0.05, 0.1) is 7.11 Å². The second-order valence-corrected chi connectivity index (χ2v) is 4.91. The minimum absolute atomic E-state index is 0.0202. The summed E-state index contributed by atoms with van der Waals surface area (Å²) in [6.07, 6.45) is 0.741. The average Bonchev–Trinajstić information content (AvgIpc) is 2.39. The van der Waals surface area contributed by atoms with E-state index in [4.69, 9.17) is 10.5 Å². The molecule has 1 saturated heterocycles. The van der Waals surface area contributed by atoms with Gasteiger partial charge in [-0.25, -0.2) is 4.39 Å². The molecule has 0 spiro atoms. The molecule has 0 bridgehead atoms. The Bertz CT molecular complexity index is 479. The Morgan fingerprint density at radius 3 is 2.89 bits per heavy atom. The van der Waals surface area contributed by atoms with Crippen molar-refractivity contribution >= 4 is 5.91 Å². The Balaban J connectivity index is 2.30. The number of carbonyl (C=O) groups is 1. The van der Waals surface area contributed by atoms with E-state index in [-0.39, 0.29) is 23.7 Å². The van der Waals surface area contributed by atoms with Crippen LogP contribution in [0.1, 0.15) is 24.8 Å². The number of hydrogen-bond acceptors (Lipinski definition) is 3. The first-order valence-electron chi connectivity index (χ1n) is 6.37. The summed E-state index contributed by atoms with van der Waals surface area (Å²) in [4.78, 5) is 13.3. The molecule has 1 aliphatic heterocycles. The third-order valence-electron chi connectivity index (χ3n) is 3.71. The van der Waals surface area contributed by atoms with Gasteiger partial charge in [-0.05, 0) is 12.5 Å². The molecule has 5 heteroatoms. The first-order valence-corrected chi connectivity index (χ1v) is 6.37. The smallest absolute Gasteiger partial charge is 0.219 e. The van der Waals surface area contributed by atoms with Crippen molar-refractivity contribution in [2.45, 2.75) is 25.3 Å². The standard InChI is InChI=1S/C14H19FN2O2/c1-9(18)17-6-5-13(16)12(8-17)11-4-3-10(15)7-14(11)19-2/h3-4,7,12-13H,5-6,8,16H2,1-2H3. The second-order valence-electron chi connectivity index (χ2n) is 4.91. The van der Waals surface area contributed by atoms with Crippen molar-refractivity contribution in [2.75, 3.05) is 20.2 Å². The van der Waals surface area contributed by atoms with Crippen LogP contribution in [0, 0.1) is 5.82 Å². The van der Waals surface area contributed by atoms with Crippen LogP contribution in [0.2, 0.25) is 0 Å². The van der Waals surface area contributed by atoms with E-state index in [1.54, 1.807) is 17.9 Å². The summed E-state index contributed by atoms with van der Waals surface area (Å²) in [6.45, 7) is 2.78. The van der Waals surface area contributed by atoms with Crippen LogP contribution in [0.3, 0.4) is 0 Å². The minimum atomic E-state index is -0.339. The van der Waals surface area contributed by atoms with Crippen molar-refractivity contribution in [1.29, 1.82) is 0 Å². The van der Waals surface area contributed by atoms with Gasteiger partial charge in [-0.2, -0.15) is 0 Å². The van der Waals surface area contributed by atoms with E-state index in [1.807, 2.05) is 0 Å². The molecule has 1 fully saturated rings. The predicted molar refractivity (Wildman–Crippen MR) is 70.5 cm³/mol. The highest BCUT2D eigenvalue weighted by atomic mass is 19.1. The summed E-state index contributed by atoms with van der Waals surface area (Å²) in [5.41, 5.74) is 7.01. The van der Waals surface area contributed by atoms with Gasteiger partial charge < -0.3 is 15.4 Å². The molecule has 1 aliphatic rings. The van der Waals surface area contributed by atoms with Crippen molar-refractivity contribution < 1.29 is 13.9 Å². The molecular weight excluding hydrogens is 247 g/mol. The number of benzene rings is 1. The van der Waals surface area contributed by atoms with Crippen LogP contribution < -0.4 is 10.5 Å². The zero-order chi connectivity index (χ0) is 14.0. The highest BCUT2D eigenvalue weighted by Gasteiger charge is 2.31. The highest BCUT2D eigenvalue weighted by molar-refractivity contribution is 5.73. The van der Waals surface area contributed by atoms with Crippen LogP contribution in [-0.4, -0.2) is 37.0 Å². The fraction of sp³-hybridized carbons (Fsp3) is 0.500. The van der Waals surface area contributed by atoms with E-state index in [0.29, 0.717) is 18.8 Å². The van der Waals surface area contributed by atoms with Gasteiger partial charge in [-0.3, -0.25) is 4.79 Å². The van der Waals surface area contributed by atoms with Crippen LogP contribution in [0.4, 0.5) is 4.39 Å². The zero-order valence-electron chi connectivity index (χ0n) is 11.2. The van der Waals surface area contributed by atoms with E-state index >= 15 is 0 Å². The molecule has 1 aromatic carbocycles. The first-order chi connectivity index (χ1) is 9.02. The number of amides is 1. The number of nitrogens with two attached hydrogens (primary N) is 1. The van der Waals surface area contributed by atoms with E-state index in [1.165, 1.54) is 19.2 Å². The van der Waals surface area contributed by atoms with Gasteiger partial charge in [0.15, 0.2) is 0 Å². The molecule has 1 heterocycles. The number of ether oxygens (including phenoxy) is 1. The lowest BCUT2D eigenvalue weighted by Crippen LogP contribution is -2.47. The van der Waals surface area contributed by atoms with E-state index in [0.717, 1.165) is 12.0 Å². The number of carbonyl (C=O) groups excluding carboxylic acids is 1. The number of halogens is 1. The zero-order valence-corrected chi connectivity index (χ0v) is 11.2. The van der Waals surface area contributed by atoms with Gasteiger partial charge in [-0.1, -0.05) is 6.07 Å². The Morgan fingerprint density at radius 1 is 1.53 bits per heavy atom. The highest BCUT2D eigenvalue weighted by Crippen LogP contribution is 2.33. The summed E-state index contributed by atoms with van der Waals surface area (Å²) in [7, 11) is 1.51. The van der Waals surface area contributed by atoms with E-state index < -0.39 is 0 Å². The average molecular weight is 266 g/mol. The van der Waals surface area contributed by atoms with E-state index in [9.17, 15) is 9.18 Å². The largest absolute Gasteiger partial charge is 0.496 e. The van der Waals surface area contributed by atoms with Crippen LogP contribution in [-0.2, 0) is 4.79 Å². The predicted octanol–water partition coefficient (Wildman–Crippen LogP) is 1.50. The molecule has 2 N–H and O–H groups in total. The van der Waals surface area contributed by atoms with Crippen LogP contribution >= 0.6 is 0 Å². The molecule has 1 aromatic rings. The maximum atomic E-state index is 13.2.